The van der Waals surface area contributed by atoms with E-state index >= 15 is 0 Å². The van der Waals surface area contributed by atoms with E-state index in [0.717, 1.165) is 41.3 Å². The van der Waals surface area contributed by atoms with Crippen LogP contribution in [0.1, 0.15) is 48.7 Å². The van der Waals surface area contributed by atoms with Crippen LogP contribution in [0, 0.1) is 6.92 Å². The number of amides is 1. The second-order valence-electron chi connectivity index (χ2n) is 11.3. The van der Waals surface area contributed by atoms with Crippen molar-refractivity contribution in [1.82, 2.24) is 15.0 Å². The number of methoxy groups -OCH3 is 1. The number of nitrogens with one attached hydrogen (secondary N) is 4. The third-order valence-electron chi connectivity index (χ3n) is 7.14. The molecule has 2 aromatic heterocycles. The lowest BCUT2D eigenvalue weighted by Crippen LogP contribution is -2.19. The second kappa shape index (κ2) is 12.4. The van der Waals surface area contributed by atoms with Gasteiger partial charge in [-0.25, -0.2) is 15.0 Å². The fraction of sp³-hybridized carbons (Fsp3) is 0.355. The lowest BCUT2D eigenvalue weighted by atomic mass is 9.86. The molecule has 1 saturated heterocycles. The number of carbonyl (C=O) groups is 1. The van der Waals surface area contributed by atoms with Crippen molar-refractivity contribution in [3.63, 3.8) is 0 Å². The Balaban J connectivity index is 1.43. The van der Waals surface area contributed by atoms with E-state index in [9.17, 15) is 4.79 Å². The molecule has 4 aromatic rings. The SMILES string of the molecule is COc1c(NSC)cc(C(C)(C)C)cc1NC(=O)c1ccc(C)c(Nc2ncnc3ccc(NC4CCOC4)nc23)c1. The minimum Gasteiger partial charge on any atom is -0.492 e. The summed E-state index contributed by atoms with van der Waals surface area (Å²) in [4.78, 5) is 27.2. The lowest BCUT2D eigenvalue weighted by molar-refractivity contribution is 0.102. The third kappa shape index (κ3) is 6.52. The molecule has 1 atom stereocenters. The molecule has 3 heterocycles. The van der Waals surface area contributed by atoms with Gasteiger partial charge in [0.1, 0.15) is 17.7 Å². The topological polar surface area (TPSA) is 122 Å². The highest BCUT2D eigenvalue weighted by Crippen LogP contribution is 2.40. The van der Waals surface area contributed by atoms with Gasteiger partial charge in [0.25, 0.3) is 5.91 Å². The number of hydrogen-bond acceptors (Lipinski definition) is 10. The number of hydrogen-bond donors (Lipinski definition) is 4. The molecule has 10 nitrogen and oxygen atoms in total. The molecule has 0 spiro atoms. The monoisotopic (exact) mass is 587 g/mol. The Bertz CT molecular complexity index is 1600. The van der Waals surface area contributed by atoms with Gasteiger partial charge in [0, 0.05) is 24.1 Å². The Labute approximate surface area is 250 Å². The summed E-state index contributed by atoms with van der Waals surface area (Å²) in [5.74, 6) is 1.61. The van der Waals surface area contributed by atoms with E-state index in [1.54, 1.807) is 13.2 Å². The Morgan fingerprint density at radius 1 is 1.07 bits per heavy atom. The molecule has 1 amide bonds. The summed E-state index contributed by atoms with van der Waals surface area (Å²) in [5, 5.41) is 9.89. The summed E-state index contributed by atoms with van der Waals surface area (Å²) in [6, 6.07) is 13.6. The van der Waals surface area contributed by atoms with Crippen molar-refractivity contribution in [2.75, 3.05) is 47.3 Å². The van der Waals surface area contributed by atoms with Gasteiger partial charge in [-0.15, -0.1) is 0 Å². The van der Waals surface area contributed by atoms with E-state index < -0.39 is 0 Å². The van der Waals surface area contributed by atoms with Crippen molar-refractivity contribution < 1.29 is 14.3 Å². The smallest absolute Gasteiger partial charge is 0.255 e. The summed E-state index contributed by atoms with van der Waals surface area (Å²) in [7, 11) is 1.60. The zero-order valence-corrected chi connectivity index (χ0v) is 25.6. The molecule has 42 heavy (non-hydrogen) atoms. The fourth-order valence-electron chi connectivity index (χ4n) is 4.75. The number of aryl methyl sites for hydroxylation is 1. The van der Waals surface area contributed by atoms with Gasteiger partial charge in [-0.05, 0) is 66.3 Å². The summed E-state index contributed by atoms with van der Waals surface area (Å²) < 4.78 is 14.5. The number of nitrogens with zero attached hydrogens (tertiary/aromatic N) is 3. The standard InChI is InChI=1S/C31H37N7O3S/c1-18-7-8-19(30(39)36-24-14-20(31(2,3)4)15-25(38-42-6)28(24)40-5)13-23(18)35-29-27-22(32-17-33-29)9-10-26(37-27)34-21-11-12-41-16-21/h7-10,13-15,17,21,38H,11-12,16H2,1-6H3,(H,34,37)(H,36,39)(H,32,33,35). The van der Waals surface area contributed by atoms with Crippen molar-refractivity contribution in [3.05, 3.63) is 65.5 Å². The van der Waals surface area contributed by atoms with Gasteiger partial charge in [0.2, 0.25) is 0 Å². The molecular weight excluding hydrogens is 550 g/mol. The third-order valence-corrected chi connectivity index (χ3v) is 7.56. The maximum Gasteiger partial charge on any atom is 0.255 e. The minimum atomic E-state index is -0.256. The largest absolute Gasteiger partial charge is 0.492 e. The minimum absolute atomic E-state index is 0.129. The Morgan fingerprint density at radius 3 is 2.60 bits per heavy atom. The molecule has 0 bridgehead atoms. The Morgan fingerprint density at radius 2 is 1.88 bits per heavy atom. The first-order valence-corrected chi connectivity index (χ1v) is 15.1. The van der Waals surface area contributed by atoms with E-state index in [1.165, 1.54) is 18.3 Å². The molecular formula is C31H37N7O3S. The van der Waals surface area contributed by atoms with Crippen LogP contribution in [0.5, 0.6) is 5.75 Å². The summed E-state index contributed by atoms with van der Waals surface area (Å²) in [5.41, 5.74) is 5.87. The van der Waals surface area contributed by atoms with Crippen molar-refractivity contribution >= 4 is 57.6 Å². The highest BCUT2D eigenvalue weighted by molar-refractivity contribution is 7.99. The normalized spacial score (nSPS) is 15.0. The number of fused-ring (bicyclic) bond motifs is 1. The van der Waals surface area contributed by atoms with Crippen LogP contribution in [0.2, 0.25) is 0 Å². The van der Waals surface area contributed by atoms with Crippen LogP contribution < -0.4 is 25.4 Å². The van der Waals surface area contributed by atoms with E-state index in [-0.39, 0.29) is 17.4 Å². The predicted molar refractivity (Wildman–Crippen MR) is 171 cm³/mol. The van der Waals surface area contributed by atoms with Gasteiger partial charge in [-0.3, -0.25) is 4.79 Å². The molecule has 220 valence electrons. The summed E-state index contributed by atoms with van der Waals surface area (Å²) >= 11 is 1.47. The number of benzene rings is 2. The summed E-state index contributed by atoms with van der Waals surface area (Å²) in [6.07, 6.45) is 4.39. The van der Waals surface area contributed by atoms with Crippen molar-refractivity contribution in [1.29, 1.82) is 0 Å². The highest BCUT2D eigenvalue weighted by atomic mass is 32.2. The maximum atomic E-state index is 13.6. The molecule has 1 unspecified atom stereocenters. The van der Waals surface area contributed by atoms with Gasteiger partial charge >= 0.3 is 0 Å². The van der Waals surface area contributed by atoms with Crippen LogP contribution in [-0.2, 0) is 10.2 Å². The second-order valence-corrected chi connectivity index (χ2v) is 11.9. The molecule has 1 aliphatic rings. The molecule has 1 fully saturated rings. The zero-order chi connectivity index (χ0) is 29.9. The average molecular weight is 588 g/mol. The number of ether oxygens (including phenoxy) is 2. The summed E-state index contributed by atoms with van der Waals surface area (Å²) in [6.45, 7) is 9.78. The van der Waals surface area contributed by atoms with E-state index in [1.807, 2.05) is 43.5 Å². The van der Waals surface area contributed by atoms with E-state index in [4.69, 9.17) is 14.5 Å². The quantitative estimate of drug-likeness (QED) is 0.161. The lowest BCUT2D eigenvalue weighted by Gasteiger charge is -2.24. The van der Waals surface area contributed by atoms with Gasteiger partial charge in [0.05, 0.1) is 36.6 Å². The molecule has 0 radical (unpaired) electrons. The van der Waals surface area contributed by atoms with E-state index in [0.29, 0.717) is 40.5 Å². The molecule has 4 N–H and O–H groups in total. The number of rotatable bonds is 9. The molecule has 11 heteroatoms. The Hall–Kier alpha value is -4.09. The molecule has 0 saturated carbocycles. The van der Waals surface area contributed by atoms with Crippen LogP contribution in [0.15, 0.2) is 48.8 Å². The van der Waals surface area contributed by atoms with Crippen LogP contribution in [0.25, 0.3) is 11.0 Å². The van der Waals surface area contributed by atoms with Crippen LogP contribution >= 0.6 is 11.9 Å². The van der Waals surface area contributed by atoms with Gasteiger partial charge in [-0.1, -0.05) is 38.8 Å². The van der Waals surface area contributed by atoms with E-state index in [2.05, 4.69) is 57.5 Å². The number of carbonyl (C=O) groups excluding carboxylic acids is 1. The number of aromatic nitrogens is 3. The van der Waals surface area contributed by atoms with Crippen molar-refractivity contribution in [3.8, 4) is 5.75 Å². The molecule has 2 aromatic carbocycles. The van der Waals surface area contributed by atoms with Crippen LogP contribution in [0.4, 0.5) is 28.7 Å². The molecule has 1 aliphatic heterocycles. The van der Waals surface area contributed by atoms with Gasteiger partial charge < -0.3 is 30.1 Å². The predicted octanol–water partition coefficient (Wildman–Crippen LogP) is 6.53. The maximum absolute atomic E-state index is 13.6. The van der Waals surface area contributed by atoms with Crippen LogP contribution in [-0.4, -0.2) is 53.5 Å². The van der Waals surface area contributed by atoms with Crippen molar-refractivity contribution in [2.24, 2.45) is 0 Å². The van der Waals surface area contributed by atoms with Crippen LogP contribution in [0.3, 0.4) is 0 Å². The Kier molecular flexibility index (Phi) is 8.69. The first-order chi connectivity index (χ1) is 20.2. The number of anilines is 5. The van der Waals surface area contributed by atoms with Crippen molar-refractivity contribution in [2.45, 2.75) is 45.6 Å². The average Bonchev–Trinajstić information content (AvgIpc) is 3.47. The van der Waals surface area contributed by atoms with Gasteiger partial charge in [-0.2, -0.15) is 0 Å². The molecule has 5 rings (SSSR count). The molecule has 0 aliphatic carbocycles. The van der Waals surface area contributed by atoms with Gasteiger partial charge in [0.15, 0.2) is 11.6 Å². The highest BCUT2D eigenvalue weighted by Gasteiger charge is 2.22. The number of pyridine rings is 1. The zero-order valence-electron chi connectivity index (χ0n) is 24.8. The first-order valence-electron chi connectivity index (χ1n) is 13.8. The fourth-order valence-corrected chi connectivity index (χ4v) is 5.12. The first kappa shape index (κ1) is 29.4.